The highest BCUT2D eigenvalue weighted by atomic mass is 16.3. The van der Waals surface area contributed by atoms with Crippen LogP contribution in [0.5, 0.6) is 0 Å². The van der Waals surface area contributed by atoms with Crippen molar-refractivity contribution in [2.45, 2.75) is 0 Å². The Morgan fingerprint density at radius 2 is 0.949 bits per heavy atom. The minimum Gasteiger partial charge on any atom is -0.454 e. The second-order valence-electron chi connectivity index (χ2n) is 14.9. The number of fused-ring (bicyclic) bond motifs is 8. The molecule has 0 aliphatic carbocycles. The molecule has 0 atom stereocenters. The van der Waals surface area contributed by atoms with Crippen LogP contribution in [0.1, 0.15) is 0 Å². The molecule has 6 nitrogen and oxygen atoms in total. The molecule has 0 unspecified atom stereocenters. The first-order valence-electron chi connectivity index (χ1n) is 19.7. The van der Waals surface area contributed by atoms with Crippen molar-refractivity contribution in [3.63, 3.8) is 0 Å². The summed E-state index contributed by atoms with van der Waals surface area (Å²) in [6.07, 6.45) is 0. The first-order chi connectivity index (χ1) is 29.2. The highest BCUT2D eigenvalue weighted by molar-refractivity contribution is 6.10. The van der Waals surface area contributed by atoms with Crippen LogP contribution in [-0.2, 0) is 0 Å². The van der Waals surface area contributed by atoms with Gasteiger partial charge in [0.15, 0.2) is 11.2 Å². The summed E-state index contributed by atoms with van der Waals surface area (Å²) in [5.74, 6) is 0.595. The van der Waals surface area contributed by atoms with Crippen LogP contribution in [0.25, 0.3) is 99.3 Å². The molecule has 12 aromatic rings. The standard InChI is InChI=1S/C53H32N4O2/c1-2-8-36-29-37(14-13-33(36)7-1)38-21-27-44-39(30-38)15-16-40-31-43(26-28-45(40)44)57(42-24-19-35(20-25-42)53-54-47-10-4-6-12-50(47)59-53)41-22-17-34(18-23-41)48-32-51-52(56-55-48)46-9-3-5-11-49(46)58-51/h1-32H. The molecule has 0 bridgehead atoms. The quantitative estimate of drug-likeness (QED) is 0.157. The molecule has 59 heavy (non-hydrogen) atoms. The molecule has 3 heterocycles. The third-order valence-electron chi connectivity index (χ3n) is 11.4. The Labute approximate surface area is 338 Å². The van der Waals surface area contributed by atoms with E-state index in [1.54, 1.807) is 0 Å². The summed E-state index contributed by atoms with van der Waals surface area (Å²) in [6, 6.07) is 67.8. The molecule has 9 aromatic carbocycles. The van der Waals surface area contributed by atoms with Gasteiger partial charge in [-0.15, -0.1) is 10.2 Å². The van der Waals surface area contributed by atoms with Gasteiger partial charge in [0.05, 0.1) is 5.69 Å². The number of para-hydroxylation sites is 3. The number of furan rings is 1. The number of hydrogen-bond donors (Lipinski definition) is 0. The van der Waals surface area contributed by atoms with E-state index in [4.69, 9.17) is 13.8 Å². The first-order valence-corrected chi connectivity index (χ1v) is 19.7. The van der Waals surface area contributed by atoms with Gasteiger partial charge in [-0.1, -0.05) is 103 Å². The van der Waals surface area contributed by atoms with E-state index in [9.17, 15) is 0 Å². The van der Waals surface area contributed by atoms with E-state index >= 15 is 0 Å². The Bertz CT molecular complexity index is 3540. The Kier molecular flexibility index (Phi) is 7.43. The first kappa shape index (κ1) is 33.1. The number of hydrogen-bond acceptors (Lipinski definition) is 6. The van der Waals surface area contributed by atoms with Gasteiger partial charge in [0.2, 0.25) is 5.89 Å². The van der Waals surface area contributed by atoms with E-state index in [1.807, 2.05) is 54.6 Å². The summed E-state index contributed by atoms with van der Waals surface area (Å²) in [5, 5.41) is 17.4. The zero-order chi connectivity index (χ0) is 38.9. The van der Waals surface area contributed by atoms with Gasteiger partial charge < -0.3 is 13.7 Å². The number of oxazole rings is 1. The van der Waals surface area contributed by atoms with Crippen LogP contribution in [0.4, 0.5) is 17.1 Å². The van der Waals surface area contributed by atoms with Gasteiger partial charge in [-0.2, -0.15) is 0 Å². The molecule has 3 aromatic heterocycles. The fourth-order valence-electron chi connectivity index (χ4n) is 8.37. The van der Waals surface area contributed by atoms with Crippen LogP contribution >= 0.6 is 0 Å². The lowest BCUT2D eigenvalue weighted by Gasteiger charge is -2.26. The fourth-order valence-corrected chi connectivity index (χ4v) is 8.37. The van der Waals surface area contributed by atoms with Gasteiger partial charge in [0.1, 0.15) is 16.6 Å². The summed E-state index contributed by atoms with van der Waals surface area (Å²) in [5.41, 5.74) is 12.0. The number of nitrogens with zero attached hydrogens (tertiary/aromatic N) is 4. The van der Waals surface area contributed by atoms with E-state index in [2.05, 4.69) is 155 Å². The molecule has 0 saturated heterocycles. The molecule has 0 amide bonds. The van der Waals surface area contributed by atoms with Gasteiger partial charge in [0, 0.05) is 39.6 Å². The summed E-state index contributed by atoms with van der Waals surface area (Å²) >= 11 is 0. The molecular formula is C53H32N4O2. The molecule has 0 radical (unpaired) electrons. The maximum Gasteiger partial charge on any atom is 0.227 e. The Morgan fingerprint density at radius 3 is 1.75 bits per heavy atom. The van der Waals surface area contributed by atoms with Crippen molar-refractivity contribution >= 4 is 82.5 Å². The van der Waals surface area contributed by atoms with E-state index in [-0.39, 0.29) is 0 Å². The summed E-state index contributed by atoms with van der Waals surface area (Å²) in [6.45, 7) is 0. The number of aromatic nitrogens is 3. The highest BCUT2D eigenvalue weighted by Crippen LogP contribution is 2.40. The lowest BCUT2D eigenvalue weighted by atomic mass is 9.96. The maximum absolute atomic E-state index is 6.13. The van der Waals surface area contributed by atoms with Crippen molar-refractivity contribution in [3.05, 3.63) is 194 Å². The van der Waals surface area contributed by atoms with E-state index in [1.165, 1.54) is 38.1 Å². The molecule has 0 spiro atoms. The number of anilines is 3. The van der Waals surface area contributed by atoms with E-state index in [0.717, 1.165) is 72.4 Å². The van der Waals surface area contributed by atoms with Gasteiger partial charge in [-0.3, -0.25) is 0 Å². The molecular weight excluding hydrogens is 725 g/mol. The SMILES string of the molecule is c1ccc2cc(-c3ccc4c(ccc5cc(N(c6ccc(-c7cc8oc9ccccc9c8nn7)cc6)c6ccc(-c7nc8ccccc8o7)cc6)ccc54)c3)ccc2c1. The Morgan fingerprint density at radius 1 is 0.356 bits per heavy atom. The smallest absolute Gasteiger partial charge is 0.227 e. The minimum absolute atomic E-state index is 0.595. The summed E-state index contributed by atoms with van der Waals surface area (Å²) in [4.78, 5) is 7.02. The Hall–Kier alpha value is -8.09. The average Bonchev–Trinajstić information content (AvgIpc) is 3.91. The molecule has 6 heteroatoms. The van der Waals surface area contributed by atoms with Crippen molar-refractivity contribution in [1.29, 1.82) is 0 Å². The van der Waals surface area contributed by atoms with Crippen molar-refractivity contribution in [2.24, 2.45) is 0 Å². The van der Waals surface area contributed by atoms with E-state index < -0.39 is 0 Å². The zero-order valence-corrected chi connectivity index (χ0v) is 31.6. The van der Waals surface area contributed by atoms with Crippen molar-refractivity contribution in [2.75, 3.05) is 4.90 Å². The summed E-state index contributed by atoms with van der Waals surface area (Å²) < 4.78 is 12.2. The largest absolute Gasteiger partial charge is 0.454 e. The van der Waals surface area contributed by atoms with Crippen LogP contribution < -0.4 is 4.90 Å². The van der Waals surface area contributed by atoms with Gasteiger partial charge in [-0.25, -0.2) is 4.98 Å². The average molecular weight is 757 g/mol. The van der Waals surface area contributed by atoms with Crippen LogP contribution in [-0.4, -0.2) is 15.2 Å². The third kappa shape index (κ3) is 5.69. The van der Waals surface area contributed by atoms with E-state index in [0.29, 0.717) is 5.89 Å². The number of rotatable bonds is 6. The molecule has 276 valence electrons. The zero-order valence-electron chi connectivity index (χ0n) is 31.6. The Balaban J connectivity index is 0.929. The topological polar surface area (TPSA) is 68.2 Å². The van der Waals surface area contributed by atoms with Crippen LogP contribution in [0.3, 0.4) is 0 Å². The molecule has 12 rings (SSSR count). The van der Waals surface area contributed by atoms with Gasteiger partial charge in [0.25, 0.3) is 0 Å². The second kappa shape index (κ2) is 13.3. The summed E-state index contributed by atoms with van der Waals surface area (Å²) in [7, 11) is 0. The van der Waals surface area contributed by atoms with Crippen molar-refractivity contribution in [1.82, 2.24) is 15.2 Å². The van der Waals surface area contributed by atoms with Gasteiger partial charge in [-0.05, 0) is 128 Å². The normalized spacial score (nSPS) is 11.7. The highest BCUT2D eigenvalue weighted by Gasteiger charge is 2.17. The minimum atomic E-state index is 0.595. The predicted octanol–water partition coefficient (Wildman–Crippen LogP) is 14.4. The molecule has 0 aliphatic rings. The molecule has 0 aliphatic heterocycles. The lowest BCUT2D eigenvalue weighted by Crippen LogP contribution is -2.10. The van der Waals surface area contributed by atoms with Crippen molar-refractivity contribution in [3.8, 4) is 33.8 Å². The fraction of sp³-hybridized carbons (Fsp3) is 0. The monoisotopic (exact) mass is 756 g/mol. The molecule has 0 fully saturated rings. The van der Waals surface area contributed by atoms with Gasteiger partial charge >= 0.3 is 0 Å². The van der Waals surface area contributed by atoms with Crippen molar-refractivity contribution < 1.29 is 8.83 Å². The second-order valence-corrected chi connectivity index (χ2v) is 14.9. The van der Waals surface area contributed by atoms with Crippen LogP contribution in [0.15, 0.2) is 203 Å². The number of benzene rings is 9. The lowest BCUT2D eigenvalue weighted by molar-refractivity contribution is 0.620. The predicted molar refractivity (Wildman–Crippen MR) is 240 cm³/mol. The molecule has 0 saturated carbocycles. The van der Waals surface area contributed by atoms with Crippen LogP contribution in [0.2, 0.25) is 0 Å². The maximum atomic E-state index is 6.13. The molecule has 0 N–H and O–H groups in total. The van der Waals surface area contributed by atoms with Crippen LogP contribution in [0, 0.1) is 0 Å². The third-order valence-corrected chi connectivity index (χ3v) is 11.4.